The molecule has 0 radical (unpaired) electrons. The minimum absolute atomic E-state index is 0.318. The first-order valence-corrected chi connectivity index (χ1v) is 12.8. The molecule has 258 valence electrons. The van der Waals surface area contributed by atoms with Crippen molar-refractivity contribution in [2.75, 3.05) is 33.3 Å². The number of halogens is 9. The van der Waals surface area contributed by atoms with Gasteiger partial charge < -0.3 is 20.1 Å². The fourth-order valence-electron chi connectivity index (χ4n) is 4.20. The fourth-order valence-corrected chi connectivity index (χ4v) is 4.20. The first-order chi connectivity index (χ1) is 21.1. The van der Waals surface area contributed by atoms with Crippen LogP contribution in [0.4, 0.5) is 39.5 Å². The van der Waals surface area contributed by atoms with Crippen molar-refractivity contribution in [2.45, 2.75) is 43.5 Å². The van der Waals surface area contributed by atoms with Crippen molar-refractivity contribution in [1.82, 2.24) is 19.8 Å². The molecule has 2 saturated heterocycles. The predicted molar refractivity (Wildman–Crippen MR) is 138 cm³/mol. The molecule has 0 aliphatic carbocycles. The number of hydrogen-bond donors (Lipinski definition) is 3. The molecule has 0 aromatic carbocycles. The van der Waals surface area contributed by atoms with Crippen LogP contribution in [0.5, 0.6) is 5.88 Å². The van der Waals surface area contributed by atoms with Gasteiger partial charge in [0.1, 0.15) is 0 Å². The average Bonchev–Trinajstić information content (AvgIpc) is 2.93. The highest BCUT2D eigenvalue weighted by molar-refractivity contribution is 5.73. The summed E-state index contributed by atoms with van der Waals surface area (Å²) in [5.74, 6) is -6.92. The van der Waals surface area contributed by atoms with Gasteiger partial charge in [-0.25, -0.2) is 19.4 Å². The van der Waals surface area contributed by atoms with Gasteiger partial charge in [-0.15, -0.1) is 0 Å². The van der Waals surface area contributed by atoms with Crippen molar-refractivity contribution in [3.63, 3.8) is 0 Å². The molecule has 4 heterocycles. The minimum Gasteiger partial charge on any atom is -0.477 e. The van der Waals surface area contributed by atoms with Crippen LogP contribution < -0.4 is 4.74 Å². The molecule has 2 aliphatic heterocycles. The number of carboxylic acid groups (broad SMARTS) is 3. The quantitative estimate of drug-likeness (QED) is 0.387. The lowest BCUT2D eigenvalue weighted by Gasteiger charge is -2.58. The van der Waals surface area contributed by atoms with Crippen molar-refractivity contribution in [3.8, 4) is 5.88 Å². The molecular weight excluding hydrogens is 651 g/mol. The minimum atomic E-state index is -5.08. The van der Waals surface area contributed by atoms with Gasteiger partial charge in [0, 0.05) is 49.8 Å². The molecule has 1 atom stereocenters. The van der Waals surface area contributed by atoms with E-state index < -0.39 is 36.4 Å². The number of ether oxygens (including phenoxy) is 1. The number of likely N-dealkylation sites (tertiary alicyclic amines) is 2. The Bertz CT molecular complexity index is 1190. The molecule has 46 heavy (non-hydrogen) atoms. The van der Waals surface area contributed by atoms with E-state index in [-0.39, 0.29) is 0 Å². The summed E-state index contributed by atoms with van der Waals surface area (Å²) < 4.78 is 101. The van der Waals surface area contributed by atoms with E-state index >= 15 is 0 Å². The number of carboxylic acids is 3. The van der Waals surface area contributed by atoms with Crippen LogP contribution in [0.3, 0.4) is 0 Å². The van der Waals surface area contributed by atoms with Gasteiger partial charge in [-0.05, 0) is 50.0 Å². The maximum absolute atomic E-state index is 10.6. The Hall–Kier alpha value is -4.20. The van der Waals surface area contributed by atoms with Gasteiger partial charge in [0.15, 0.2) is 0 Å². The van der Waals surface area contributed by atoms with Gasteiger partial charge in [-0.2, -0.15) is 39.5 Å². The van der Waals surface area contributed by atoms with Crippen molar-refractivity contribution in [3.05, 3.63) is 54.5 Å². The van der Waals surface area contributed by atoms with Gasteiger partial charge in [0.2, 0.25) is 5.88 Å². The molecule has 1 unspecified atom stereocenters. The second-order valence-corrected chi connectivity index (χ2v) is 9.90. The topological polar surface area (TPSA) is 153 Å². The van der Waals surface area contributed by atoms with Crippen LogP contribution in [0, 0.1) is 5.92 Å². The summed E-state index contributed by atoms with van der Waals surface area (Å²) in [6.07, 6.45) is -7.25. The predicted octanol–water partition coefficient (Wildman–Crippen LogP) is 4.35. The number of piperidine rings is 1. The monoisotopic (exact) mass is 680 g/mol. The largest absolute Gasteiger partial charge is 0.490 e. The molecule has 2 fully saturated rings. The number of nitrogens with zero attached hydrogens (tertiary/aromatic N) is 4. The third-order valence-corrected chi connectivity index (χ3v) is 6.35. The van der Waals surface area contributed by atoms with E-state index in [2.05, 4.69) is 32.9 Å². The number of rotatable bonds is 5. The summed E-state index contributed by atoms with van der Waals surface area (Å²) in [6, 6.07) is 10.0. The van der Waals surface area contributed by atoms with Gasteiger partial charge >= 0.3 is 36.4 Å². The highest BCUT2D eigenvalue weighted by atomic mass is 19.4. The Morgan fingerprint density at radius 2 is 1.39 bits per heavy atom. The molecule has 11 nitrogen and oxygen atoms in total. The molecule has 20 heteroatoms. The first kappa shape index (κ1) is 39.8. The Balaban J connectivity index is 0.000000413. The molecular formula is C26H29F9N4O7. The number of pyridine rings is 2. The van der Waals surface area contributed by atoms with Crippen molar-refractivity contribution in [2.24, 2.45) is 5.92 Å². The van der Waals surface area contributed by atoms with E-state index in [9.17, 15) is 39.5 Å². The number of carbonyl (C=O) groups is 3. The lowest BCUT2D eigenvalue weighted by atomic mass is 9.75. The highest BCUT2D eigenvalue weighted by Gasteiger charge is 2.49. The zero-order valence-electron chi connectivity index (χ0n) is 23.8. The zero-order chi connectivity index (χ0) is 35.3. The number of alkyl halides is 9. The third-order valence-electron chi connectivity index (χ3n) is 6.35. The smallest absolute Gasteiger partial charge is 0.477 e. The zero-order valence-corrected chi connectivity index (χ0v) is 23.8. The third kappa shape index (κ3) is 14.3. The van der Waals surface area contributed by atoms with Crippen LogP contribution in [-0.4, -0.2) is 110 Å². The number of aromatic nitrogens is 2. The molecule has 2 aromatic heterocycles. The van der Waals surface area contributed by atoms with Gasteiger partial charge in [0.25, 0.3) is 0 Å². The van der Waals surface area contributed by atoms with E-state index in [1.54, 1.807) is 6.20 Å². The molecule has 2 aromatic rings. The summed E-state index contributed by atoms with van der Waals surface area (Å²) in [5, 5.41) is 21.4. The summed E-state index contributed by atoms with van der Waals surface area (Å²) in [4.78, 5) is 40.3. The normalized spacial score (nSPS) is 17.8. The lowest BCUT2D eigenvalue weighted by Crippen LogP contribution is -2.71. The average molecular weight is 681 g/mol. The van der Waals surface area contributed by atoms with E-state index in [4.69, 9.17) is 34.4 Å². The van der Waals surface area contributed by atoms with Crippen LogP contribution in [0.25, 0.3) is 0 Å². The van der Waals surface area contributed by atoms with Crippen LogP contribution in [0.1, 0.15) is 18.4 Å². The maximum Gasteiger partial charge on any atom is 0.490 e. The van der Waals surface area contributed by atoms with Gasteiger partial charge in [0.05, 0.1) is 6.61 Å². The Morgan fingerprint density at radius 1 is 0.870 bits per heavy atom. The van der Waals surface area contributed by atoms with Gasteiger partial charge in [-0.3, -0.25) is 14.8 Å². The lowest BCUT2D eigenvalue weighted by molar-refractivity contribution is -0.193. The van der Waals surface area contributed by atoms with E-state index in [0.717, 1.165) is 38.7 Å². The molecule has 0 bridgehead atoms. The maximum atomic E-state index is 10.6. The second-order valence-electron chi connectivity index (χ2n) is 9.90. The summed E-state index contributed by atoms with van der Waals surface area (Å²) in [7, 11) is 2.28. The van der Waals surface area contributed by atoms with Crippen LogP contribution >= 0.6 is 0 Å². The highest BCUT2D eigenvalue weighted by Crippen LogP contribution is 2.39. The molecule has 0 saturated carbocycles. The molecule has 0 amide bonds. The van der Waals surface area contributed by atoms with Crippen LogP contribution in [-0.2, 0) is 20.9 Å². The number of aliphatic carboxylic acids is 3. The Labute approximate surface area is 255 Å². The molecule has 4 rings (SSSR count). The van der Waals surface area contributed by atoms with Crippen LogP contribution in [0.15, 0.2) is 48.9 Å². The Kier molecular flexibility index (Phi) is 14.6. The van der Waals surface area contributed by atoms with E-state index in [1.165, 1.54) is 18.4 Å². The number of likely N-dealkylation sites (N-methyl/N-ethyl adjacent to an activating group) is 1. The fraction of sp³-hybridized carbons (Fsp3) is 0.500. The second kappa shape index (κ2) is 16.9. The first-order valence-electron chi connectivity index (χ1n) is 12.8. The van der Waals surface area contributed by atoms with Crippen LogP contribution in [0.2, 0.25) is 0 Å². The SMILES string of the molecule is CN1CCC(COc2ccccn2)CC12CN(Cc1cccnc1)C2.O=C(O)C(F)(F)F.O=C(O)C(F)(F)F.O=C(O)C(F)(F)F. The van der Waals surface area contributed by atoms with E-state index in [1.807, 2.05) is 36.7 Å². The summed E-state index contributed by atoms with van der Waals surface area (Å²) in [5.41, 5.74) is 1.62. The summed E-state index contributed by atoms with van der Waals surface area (Å²) in [6.45, 7) is 5.20. The summed E-state index contributed by atoms with van der Waals surface area (Å²) >= 11 is 0. The van der Waals surface area contributed by atoms with E-state index in [0.29, 0.717) is 11.5 Å². The van der Waals surface area contributed by atoms with Crippen molar-refractivity contribution in [1.29, 1.82) is 0 Å². The molecule has 3 N–H and O–H groups in total. The molecule has 1 spiro atoms. The standard InChI is InChI=1S/C20H26N4O.3C2HF3O2/c1-23-10-7-17(14-25-19-6-2-3-9-22-19)11-20(23)15-24(16-20)13-18-5-4-8-21-12-18;3*3-2(4,5)1(6)7/h2-6,8-9,12,17H,7,10-11,13-16H2,1H3;3*(H,6,7). The Morgan fingerprint density at radius 3 is 1.80 bits per heavy atom. The van der Waals surface area contributed by atoms with Gasteiger partial charge in [-0.1, -0.05) is 12.1 Å². The van der Waals surface area contributed by atoms with Crippen molar-refractivity contribution >= 4 is 17.9 Å². The van der Waals surface area contributed by atoms with Crippen molar-refractivity contribution < 1.29 is 74.0 Å². The number of hydrogen-bond acceptors (Lipinski definition) is 8. The molecule has 2 aliphatic rings.